The van der Waals surface area contributed by atoms with Gasteiger partial charge in [0.25, 0.3) is 0 Å². The first-order valence-corrected chi connectivity index (χ1v) is 11.2. The van der Waals surface area contributed by atoms with E-state index in [-0.39, 0.29) is 17.6 Å². The van der Waals surface area contributed by atoms with Crippen molar-refractivity contribution in [3.8, 4) is 10.6 Å². The number of Topliss-reactive ketones (excluding diaryl/α,β-unsaturated/α-hetero) is 1. The Morgan fingerprint density at radius 2 is 1.77 bits per heavy atom. The van der Waals surface area contributed by atoms with Crippen LogP contribution in [-0.2, 0) is 9.53 Å². The molecule has 2 heterocycles. The van der Waals surface area contributed by atoms with Gasteiger partial charge in [-0.1, -0.05) is 13.8 Å². The van der Waals surface area contributed by atoms with Crippen LogP contribution in [0.1, 0.15) is 46.5 Å². The van der Waals surface area contributed by atoms with Crippen molar-refractivity contribution in [2.75, 3.05) is 5.32 Å². The number of thiophene rings is 1. The summed E-state index contributed by atoms with van der Waals surface area (Å²) < 4.78 is 5.41. The number of hydrogen-bond acceptors (Lipinski definition) is 7. The van der Waals surface area contributed by atoms with Gasteiger partial charge in [0.2, 0.25) is 11.7 Å². The van der Waals surface area contributed by atoms with E-state index in [1.807, 2.05) is 16.8 Å². The zero-order valence-electron chi connectivity index (χ0n) is 17.1. The van der Waals surface area contributed by atoms with Gasteiger partial charge in [0.05, 0.1) is 5.69 Å². The lowest BCUT2D eigenvalue weighted by atomic mass is 10.1. The summed E-state index contributed by atoms with van der Waals surface area (Å²) in [4.78, 5) is 41.8. The Hall–Kier alpha value is -2.84. The van der Waals surface area contributed by atoms with E-state index in [4.69, 9.17) is 4.74 Å². The van der Waals surface area contributed by atoms with Crippen molar-refractivity contribution in [3.05, 3.63) is 57.2 Å². The number of hydrogen-bond donors (Lipinski definition) is 1. The van der Waals surface area contributed by atoms with Crippen LogP contribution in [0.3, 0.4) is 0 Å². The van der Waals surface area contributed by atoms with Crippen LogP contribution < -0.4 is 5.32 Å². The summed E-state index contributed by atoms with van der Waals surface area (Å²) >= 11 is 2.81. The molecule has 30 heavy (non-hydrogen) atoms. The van der Waals surface area contributed by atoms with E-state index in [0.717, 1.165) is 10.6 Å². The van der Waals surface area contributed by atoms with Crippen molar-refractivity contribution in [2.24, 2.45) is 5.92 Å². The number of aryl methyl sites for hydroxylation is 1. The molecule has 0 spiro atoms. The van der Waals surface area contributed by atoms with Crippen LogP contribution in [0, 0.1) is 12.8 Å². The fourth-order valence-corrected chi connectivity index (χ4v) is 4.26. The number of esters is 1. The number of rotatable bonds is 7. The fourth-order valence-electron chi connectivity index (χ4n) is 2.60. The Balaban J connectivity index is 1.65. The van der Waals surface area contributed by atoms with E-state index in [1.165, 1.54) is 11.3 Å². The van der Waals surface area contributed by atoms with Crippen molar-refractivity contribution in [3.63, 3.8) is 0 Å². The van der Waals surface area contributed by atoms with Gasteiger partial charge in [-0.05, 0) is 49.6 Å². The number of nitrogens with one attached hydrogen (secondary N) is 1. The molecule has 0 aliphatic rings. The van der Waals surface area contributed by atoms with Crippen LogP contribution in [-0.4, -0.2) is 28.7 Å². The summed E-state index contributed by atoms with van der Waals surface area (Å²) in [5.41, 5.74) is 2.55. The van der Waals surface area contributed by atoms with Crippen LogP contribution >= 0.6 is 22.7 Å². The first-order valence-electron chi connectivity index (χ1n) is 9.42. The second kappa shape index (κ2) is 9.32. The number of carbonyl (C=O) groups excluding carboxylic acids is 3. The topological polar surface area (TPSA) is 85.4 Å². The molecule has 0 saturated carbocycles. The highest BCUT2D eigenvalue weighted by molar-refractivity contribution is 7.17. The summed E-state index contributed by atoms with van der Waals surface area (Å²) in [6, 6.07) is 8.47. The third-order valence-corrected chi connectivity index (χ3v) is 6.23. The lowest BCUT2D eigenvalue weighted by Gasteiger charge is -2.13. The third kappa shape index (κ3) is 5.01. The van der Waals surface area contributed by atoms with E-state index in [0.29, 0.717) is 21.8 Å². The molecular formula is C22H22N2O4S2. The first-order chi connectivity index (χ1) is 14.3. The molecule has 0 fully saturated rings. The minimum atomic E-state index is -0.945. The molecule has 0 saturated heterocycles. The van der Waals surface area contributed by atoms with Gasteiger partial charge in [-0.2, -0.15) is 11.3 Å². The molecule has 1 aromatic carbocycles. The van der Waals surface area contributed by atoms with Crippen molar-refractivity contribution < 1.29 is 19.1 Å². The van der Waals surface area contributed by atoms with Crippen LogP contribution in [0.2, 0.25) is 0 Å². The SMILES string of the molecule is Cc1nc(-c2ccsc2)sc1C(=O)OC(C)C(=O)c1ccc(NC(=O)C(C)C)cc1. The van der Waals surface area contributed by atoms with Gasteiger partial charge >= 0.3 is 5.97 Å². The van der Waals surface area contributed by atoms with Crippen molar-refractivity contribution in [1.82, 2.24) is 4.98 Å². The van der Waals surface area contributed by atoms with E-state index in [2.05, 4.69) is 10.3 Å². The Bertz CT molecular complexity index is 1050. The number of thiazole rings is 1. The normalized spacial score (nSPS) is 11.9. The Morgan fingerprint density at radius 3 is 2.37 bits per heavy atom. The zero-order chi connectivity index (χ0) is 21.8. The lowest BCUT2D eigenvalue weighted by Crippen LogP contribution is -2.24. The highest BCUT2D eigenvalue weighted by Crippen LogP contribution is 2.30. The molecule has 6 nitrogen and oxygen atoms in total. The highest BCUT2D eigenvalue weighted by atomic mass is 32.1. The van der Waals surface area contributed by atoms with Gasteiger partial charge in [-0.3, -0.25) is 9.59 Å². The largest absolute Gasteiger partial charge is 0.450 e. The number of ether oxygens (including phenoxy) is 1. The Morgan fingerprint density at radius 1 is 1.07 bits per heavy atom. The Labute approximate surface area is 182 Å². The molecule has 1 unspecified atom stereocenters. The number of anilines is 1. The molecule has 0 bridgehead atoms. The first kappa shape index (κ1) is 21.9. The molecule has 1 amide bonds. The molecule has 156 valence electrons. The molecule has 0 radical (unpaired) electrons. The fraction of sp³-hybridized carbons (Fsp3) is 0.273. The molecule has 3 aromatic rings. The van der Waals surface area contributed by atoms with Gasteiger partial charge in [-0.15, -0.1) is 11.3 Å². The van der Waals surface area contributed by atoms with Crippen LogP contribution in [0.5, 0.6) is 0 Å². The number of ketones is 1. The number of carbonyl (C=O) groups is 3. The van der Waals surface area contributed by atoms with Crippen LogP contribution in [0.15, 0.2) is 41.1 Å². The van der Waals surface area contributed by atoms with Gasteiger partial charge in [0.1, 0.15) is 9.88 Å². The van der Waals surface area contributed by atoms with Gasteiger partial charge in [-0.25, -0.2) is 9.78 Å². The van der Waals surface area contributed by atoms with Crippen LogP contribution in [0.25, 0.3) is 10.6 Å². The summed E-state index contributed by atoms with van der Waals surface area (Å²) in [5, 5.41) is 7.43. The molecule has 0 aliphatic carbocycles. The maximum absolute atomic E-state index is 12.7. The average Bonchev–Trinajstić information content (AvgIpc) is 3.37. The zero-order valence-corrected chi connectivity index (χ0v) is 18.7. The standard InChI is InChI=1S/C22H22N2O4S2/c1-12(2)20(26)24-17-7-5-15(6-8-17)18(25)14(4)28-22(27)19-13(3)23-21(30-19)16-9-10-29-11-16/h5-12,14H,1-4H3,(H,24,26). The summed E-state index contributed by atoms with van der Waals surface area (Å²) in [6.45, 7) is 6.90. The quantitative estimate of drug-likeness (QED) is 0.401. The maximum atomic E-state index is 12.7. The summed E-state index contributed by atoms with van der Waals surface area (Å²) in [7, 11) is 0. The van der Waals surface area contributed by atoms with Crippen molar-refractivity contribution in [2.45, 2.75) is 33.8 Å². The monoisotopic (exact) mass is 442 g/mol. The molecular weight excluding hydrogens is 420 g/mol. The lowest BCUT2D eigenvalue weighted by molar-refractivity contribution is -0.118. The second-order valence-electron chi connectivity index (χ2n) is 7.08. The molecule has 8 heteroatoms. The second-order valence-corrected chi connectivity index (χ2v) is 8.86. The number of aromatic nitrogens is 1. The van der Waals surface area contributed by atoms with E-state index >= 15 is 0 Å². The molecule has 3 rings (SSSR count). The number of benzene rings is 1. The molecule has 0 aliphatic heterocycles. The molecule has 2 aromatic heterocycles. The van der Waals surface area contributed by atoms with Gasteiger partial charge < -0.3 is 10.1 Å². The van der Waals surface area contributed by atoms with Gasteiger partial charge in [0, 0.05) is 28.1 Å². The predicted octanol–water partition coefficient (Wildman–Crippen LogP) is 5.20. The summed E-state index contributed by atoms with van der Waals surface area (Å²) in [6.07, 6.45) is -0.945. The third-order valence-electron chi connectivity index (χ3n) is 4.36. The van der Waals surface area contributed by atoms with Crippen molar-refractivity contribution >= 4 is 46.0 Å². The smallest absolute Gasteiger partial charge is 0.350 e. The van der Waals surface area contributed by atoms with E-state index in [9.17, 15) is 14.4 Å². The van der Waals surface area contributed by atoms with Crippen LogP contribution in [0.4, 0.5) is 5.69 Å². The number of amides is 1. The minimum Gasteiger partial charge on any atom is -0.450 e. The van der Waals surface area contributed by atoms with E-state index < -0.39 is 12.1 Å². The molecule has 1 N–H and O–H groups in total. The molecule has 1 atom stereocenters. The highest BCUT2D eigenvalue weighted by Gasteiger charge is 2.24. The van der Waals surface area contributed by atoms with E-state index in [1.54, 1.807) is 63.3 Å². The minimum absolute atomic E-state index is 0.0990. The Kier molecular flexibility index (Phi) is 6.79. The van der Waals surface area contributed by atoms with Gasteiger partial charge in [0.15, 0.2) is 6.10 Å². The maximum Gasteiger partial charge on any atom is 0.350 e. The summed E-state index contributed by atoms with van der Waals surface area (Å²) in [5.74, 6) is -1.11. The average molecular weight is 443 g/mol. The van der Waals surface area contributed by atoms with Crippen molar-refractivity contribution in [1.29, 1.82) is 0 Å². The number of nitrogens with zero attached hydrogens (tertiary/aromatic N) is 1. The predicted molar refractivity (Wildman–Crippen MR) is 119 cm³/mol.